The molecule has 2 nitrogen and oxygen atoms in total. The Morgan fingerprint density at radius 3 is 2.65 bits per heavy atom. The van der Waals surface area contributed by atoms with Crippen molar-refractivity contribution in [3.8, 4) is 11.8 Å². The Kier molecular flexibility index (Phi) is 5.31. The van der Waals surface area contributed by atoms with Crippen LogP contribution in [0.3, 0.4) is 0 Å². The molecule has 0 aliphatic carbocycles. The zero-order chi connectivity index (χ0) is 14.2. The lowest BCUT2D eigenvalue weighted by molar-refractivity contribution is 0.153. The molecule has 0 atom stereocenters. The third-order valence-corrected chi connectivity index (χ3v) is 2.75. The Bertz CT molecular complexity index is 612. The quantitative estimate of drug-likeness (QED) is 0.684. The minimum Gasteiger partial charge on any atom is -0.392 e. The Hall–Kier alpha value is -2.15. The summed E-state index contributed by atoms with van der Waals surface area (Å²) >= 11 is 0. The average Bonchev–Trinajstić information content (AvgIpc) is 2.48. The standard InChI is InChI=1S/C17H15FO2/c18-17-9-8-16(12-19)15(11-17)7-4-10-20-13-14-5-2-1-3-6-14/h1-3,5-6,8-9,11,19H,10,12-13H2. The zero-order valence-corrected chi connectivity index (χ0v) is 11.0. The summed E-state index contributed by atoms with van der Waals surface area (Å²) in [5, 5.41) is 9.14. The minimum absolute atomic E-state index is 0.158. The van der Waals surface area contributed by atoms with Gasteiger partial charge in [0.2, 0.25) is 0 Å². The lowest BCUT2D eigenvalue weighted by Gasteiger charge is -2.01. The van der Waals surface area contributed by atoms with Crippen molar-refractivity contribution in [2.24, 2.45) is 0 Å². The molecule has 2 rings (SSSR count). The molecule has 3 heteroatoms. The minimum atomic E-state index is -0.364. The van der Waals surface area contributed by atoms with Crippen LogP contribution in [0.5, 0.6) is 0 Å². The monoisotopic (exact) mass is 270 g/mol. The van der Waals surface area contributed by atoms with Gasteiger partial charge in [-0.15, -0.1) is 0 Å². The highest BCUT2D eigenvalue weighted by atomic mass is 19.1. The highest BCUT2D eigenvalue weighted by Gasteiger charge is 2.00. The van der Waals surface area contributed by atoms with E-state index in [1.807, 2.05) is 30.3 Å². The van der Waals surface area contributed by atoms with Crippen LogP contribution < -0.4 is 0 Å². The van der Waals surface area contributed by atoms with Crippen LogP contribution in [0.25, 0.3) is 0 Å². The SMILES string of the molecule is OCc1ccc(F)cc1C#CCOCc1ccccc1. The average molecular weight is 270 g/mol. The first-order valence-electron chi connectivity index (χ1n) is 6.29. The first-order valence-corrected chi connectivity index (χ1v) is 6.29. The number of hydrogen-bond donors (Lipinski definition) is 1. The van der Waals surface area contributed by atoms with Gasteiger partial charge in [-0.3, -0.25) is 0 Å². The van der Waals surface area contributed by atoms with Crippen LogP contribution in [0.4, 0.5) is 4.39 Å². The summed E-state index contributed by atoms with van der Waals surface area (Å²) in [6, 6.07) is 14.0. The lowest BCUT2D eigenvalue weighted by atomic mass is 10.1. The molecule has 0 bridgehead atoms. The van der Waals surface area contributed by atoms with Gasteiger partial charge >= 0.3 is 0 Å². The molecule has 0 saturated heterocycles. The largest absolute Gasteiger partial charge is 0.392 e. The van der Waals surface area contributed by atoms with Crippen molar-refractivity contribution in [3.05, 3.63) is 71.0 Å². The van der Waals surface area contributed by atoms with Crippen molar-refractivity contribution in [1.29, 1.82) is 0 Å². The Labute approximate surface area is 117 Å². The molecule has 0 fully saturated rings. The third-order valence-electron chi connectivity index (χ3n) is 2.75. The predicted octanol–water partition coefficient (Wildman–Crippen LogP) is 2.89. The Morgan fingerprint density at radius 2 is 1.90 bits per heavy atom. The van der Waals surface area contributed by atoms with Crippen LogP contribution in [0.2, 0.25) is 0 Å². The molecule has 2 aromatic rings. The summed E-state index contributed by atoms with van der Waals surface area (Å²) < 4.78 is 18.5. The van der Waals surface area contributed by atoms with Gasteiger partial charge in [0.15, 0.2) is 0 Å². The maximum absolute atomic E-state index is 13.1. The highest BCUT2D eigenvalue weighted by Crippen LogP contribution is 2.10. The fourth-order valence-corrected chi connectivity index (χ4v) is 1.73. The number of halogens is 1. The summed E-state index contributed by atoms with van der Waals surface area (Å²) in [4.78, 5) is 0. The molecule has 0 aromatic heterocycles. The highest BCUT2D eigenvalue weighted by molar-refractivity contribution is 5.41. The summed E-state index contributed by atoms with van der Waals surface area (Å²) in [5.41, 5.74) is 2.19. The van der Waals surface area contributed by atoms with Gasteiger partial charge in [-0.05, 0) is 23.3 Å². The fourth-order valence-electron chi connectivity index (χ4n) is 1.73. The van der Waals surface area contributed by atoms with Crippen molar-refractivity contribution in [2.75, 3.05) is 6.61 Å². The maximum atomic E-state index is 13.1. The van der Waals surface area contributed by atoms with Gasteiger partial charge in [-0.25, -0.2) is 4.39 Å². The van der Waals surface area contributed by atoms with Gasteiger partial charge in [-0.1, -0.05) is 48.2 Å². The van der Waals surface area contributed by atoms with E-state index in [4.69, 9.17) is 9.84 Å². The molecule has 0 radical (unpaired) electrons. The molecule has 2 aromatic carbocycles. The van der Waals surface area contributed by atoms with Gasteiger partial charge in [0.25, 0.3) is 0 Å². The molecule has 20 heavy (non-hydrogen) atoms. The summed E-state index contributed by atoms with van der Waals surface area (Å²) in [6.07, 6.45) is 0. The molecule has 0 saturated carbocycles. The van der Waals surface area contributed by atoms with Gasteiger partial charge in [0.05, 0.1) is 13.2 Å². The number of ether oxygens (including phenoxy) is 1. The van der Waals surface area contributed by atoms with Crippen molar-refractivity contribution in [1.82, 2.24) is 0 Å². The maximum Gasteiger partial charge on any atom is 0.124 e. The molecule has 0 spiro atoms. The van der Waals surface area contributed by atoms with E-state index in [0.717, 1.165) is 5.56 Å². The number of aliphatic hydroxyl groups is 1. The summed E-state index contributed by atoms with van der Waals surface area (Å²) in [5.74, 6) is 5.28. The Morgan fingerprint density at radius 1 is 1.10 bits per heavy atom. The number of benzene rings is 2. The van der Waals surface area contributed by atoms with Gasteiger partial charge in [0, 0.05) is 5.56 Å². The van der Waals surface area contributed by atoms with Crippen LogP contribution in [0, 0.1) is 17.7 Å². The van der Waals surface area contributed by atoms with E-state index in [-0.39, 0.29) is 19.0 Å². The van der Waals surface area contributed by atoms with Crippen molar-refractivity contribution < 1.29 is 14.2 Å². The number of rotatable bonds is 4. The zero-order valence-electron chi connectivity index (χ0n) is 11.0. The fraction of sp³-hybridized carbons (Fsp3) is 0.176. The van der Waals surface area contributed by atoms with Crippen LogP contribution in [0.1, 0.15) is 16.7 Å². The topological polar surface area (TPSA) is 29.5 Å². The second-order valence-corrected chi connectivity index (χ2v) is 4.24. The Balaban J connectivity index is 1.90. The molecule has 0 unspecified atom stereocenters. The first kappa shape index (κ1) is 14.3. The molecule has 0 heterocycles. The van der Waals surface area contributed by atoms with Crippen LogP contribution in [0.15, 0.2) is 48.5 Å². The van der Waals surface area contributed by atoms with E-state index in [1.165, 1.54) is 18.2 Å². The van der Waals surface area contributed by atoms with Crippen LogP contribution in [-0.2, 0) is 18.0 Å². The van der Waals surface area contributed by atoms with Crippen molar-refractivity contribution in [3.63, 3.8) is 0 Å². The second kappa shape index (κ2) is 7.44. The van der Waals surface area contributed by atoms with E-state index in [9.17, 15) is 4.39 Å². The van der Waals surface area contributed by atoms with Crippen LogP contribution >= 0.6 is 0 Å². The van der Waals surface area contributed by atoms with Gasteiger partial charge in [-0.2, -0.15) is 0 Å². The van der Waals surface area contributed by atoms with E-state index in [1.54, 1.807) is 0 Å². The first-order chi connectivity index (χ1) is 9.79. The normalized spacial score (nSPS) is 9.90. The van der Waals surface area contributed by atoms with E-state index in [2.05, 4.69) is 11.8 Å². The third kappa shape index (κ3) is 4.20. The molecule has 1 N–H and O–H groups in total. The van der Waals surface area contributed by atoms with Crippen molar-refractivity contribution in [2.45, 2.75) is 13.2 Å². The lowest BCUT2D eigenvalue weighted by Crippen LogP contribution is -1.94. The van der Waals surface area contributed by atoms with E-state index >= 15 is 0 Å². The number of aliphatic hydroxyl groups excluding tert-OH is 1. The van der Waals surface area contributed by atoms with Crippen molar-refractivity contribution >= 4 is 0 Å². The molecule has 0 amide bonds. The molecule has 0 aliphatic heterocycles. The smallest absolute Gasteiger partial charge is 0.124 e. The van der Waals surface area contributed by atoms with Gasteiger partial charge < -0.3 is 9.84 Å². The molecule has 0 aliphatic rings. The molecular formula is C17H15FO2. The summed E-state index contributed by atoms with van der Waals surface area (Å²) in [7, 11) is 0. The predicted molar refractivity (Wildman–Crippen MR) is 75.3 cm³/mol. The second-order valence-electron chi connectivity index (χ2n) is 4.24. The van der Waals surface area contributed by atoms with Gasteiger partial charge in [0.1, 0.15) is 12.4 Å². The van der Waals surface area contributed by atoms with E-state index < -0.39 is 0 Å². The number of hydrogen-bond acceptors (Lipinski definition) is 2. The summed E-state index contributed by atoms with van der Waals surface area (Å²) in [6.45, 7) is 0.594. The van der Waals surface area contributed by atoms with Crippen LogP contribution in [-0.4, -0.2) is 11.7 Å². The van der Waals surface area contributed by atoms with E-state index in [0.29, 0.717) is 17.7 Å². The molecule has 102 valence electrons. The molecular weight excluding hydrogens is 255 g/mol.